The molecule has 2 heterocycles. The van der Waals surface area contributed by atoms with Crippen molar-refractivity contribution < 1.29 is 5.11 Å². The standard InChI is InChI=1S/C20H17ClN6O4/c1-26(2)16-8-13-12(23-19(30)24-13)7-14(16)22-9-10-17(28)25-20(31)27(18(10)29)15-6-4-3-5-11(15)21/h3-9,29H,1-2H3,(H2,23,24,30)(H,25,28,31). The van der Waals surface area contributed by atoms with Gasteiger partial charge in [0.05, 0.1) is 33.1 Å². The Bertz CT molecular complexity index is 1510. The average Bonchev–Trinajstić information content (AvgIpc) is 3.07. The number of para-hydroxylation sites is 1. The molecule has 4 rings (SSSR count). The highest BCUT2D eigenvalue weighted by molar-refractivity contribution is 6.32. The maximum atomic E-state index is 12.4. The van der Waals surface area contributed by atoms with Crippen LogP contribution in [0.2, 0.25) is 5.02 Å². The molecule has 31 heavy (non-hydrogen) atoms. The maximum absolute atomic E-state index is 12.4. The van der Waals surface area contributed by atoms with E-state index < -0.39 is 17.1 Å². The van der Waals surface area contributed by atoms with Crippen LogP contribution in [-0.4, -0.2) is 44.9 Å². The molecule has 0 aliphatic heterocycles. The Morgan fingerprint density at radius 1 is 1.06 bits per heavy atom. The van der Waals surface area contributed by atoms with Crippen LogP contribution >= 0.6 is 11.6 Å². The van der Waals surface area contributed by atoms with Crippen molar-refractivity contribution in [3.8, 4) is 11.6 Å². The number of aromatic hydroxyl groups is 1. The Morgan fingerprint density at radius 3 is 2.42 bits per heavy atom. The monoisotopic (exact) mass is 440 g/mol. The number of nitrogens with zero attached hydrogens (tertiary/aromatic N) is 3. The van der Waals surface area contributed by atoms with E-state index in [4.69, 9.17) is 11.6 Å². The summed E-state index contributed by atoms with van der Waals surface area (Å²) in [6.45, 7) is 0. The van der Waals surface area contributed by atoms with Gasteiger partial charge in [0.1, 0.15) is 5.56 Å². The van der Waals surface area contributed by atoms with Gasteiger partial charge in [-0.05, 0) is 24.3 Å². The van der Waals surface area contributed by atoms with E-state index in [2.05, 4.69) is 19.9 Å². The summed E-state index contributed by atoms with van der Waals surface area (Å²) in [6.07, 6.45) is 1.15. The van der Waals surface area contributed by atoms with Gasteiger partial charge in [-0.1, -0.05) is 23.7 Å². The van der Waals surface area contributed by atoms with Gasteiger partial charge in [0.2, 0.25) is 5.88 Å². The van der Waals surface area contributed by atoms with E-state index in [0.717, 1.165) is 10.8 Å². The minimum absolute atomic E-state index is 0.206. The topological polar surface area (TPSA) is 139 Å². The number of aromatic amines is 3. The summed E-state index contributed by atoms with van der Waals surface area (Å²) in [5, 5.41) is 10.9. The van der Waals surface area contributed by atoms with Gasteiger partial charge >= 0.3 is 11.4 Å². The maximum Gasteiger partial charge on any atom is 0.335 e. The van der Waals surface area contributed by atoms with Crippen LogP contribution in [0, 0.1) is 0 Å². The highest BCUT2D eigenvalue weighted by Crippen LogP contribution is 2.31. The van der Waals surface area contributed by atoms with Gasteiger partial charge in [0.25, 0.3) is 5.56 Å². The summed E-state index contributed by atoms with van der Waals surface area (Å²) in [4.78, 5) is 49.9. The van der Waals surface area contributed by atoms with Crippen LogP contribution in [0.4, 0.5) is 11.4 Å². The first-order valence-corrected chi connectivity index (χ1v) is 9.44. The van der Waals surface area contributed by atoms with Crippen molar-refractivity contribution in [2.75, 3.05) is 19.0 Å². The number of imidazole rings is 1. The molecule has 0 bridgehead atoms. The number of nitrogens with one attached hydrogen (secondary N) is 3. The number of fused-ring (bicyclic) bond motifs is 1. The van der Waals surface area contributed by atoms with Crippen LogP contribution in [-0.2, 0) is 0 Å². The second-order valence-electron chi connectivity index (χ2n) is 6.90. The van der Waals surface area contributed by atoms with Crippen molar-refractivity contribution in [2.24, 2.45) is 4.99 Å². The second-order valence-corrected chi connectivity index (χ2v) is 7.31. The quantitative estimate of drug-likeness (QED) is 0.359. The molecule has 11 heteroatoms. The molecule has 4 aromatic rings. The summed E-state index contributed by atoms with van der Waals surface area (Å²) < 4.78 is 0.894. The van der Waals surface area contributed by atoms with Crippen LogP contribution in [0.1, 0.15) is 5.56 Å². The lowest BCUT2D eigenvalue weighted by atomic mass is 10.2. The summed E-state index contributed by atoms with van der Waals surface area (Å²) in [7, 11) is 3.60. The number of H-pyrrole nitrogens is 3. The molecule has 0 aliphatic rings. The van der Waals surface area contributed by atoms with Crippen LogP contribution in [0.5, 0.6) is 5.88 Å². The summed E-state index contributed by atoms with van der Waals surface area (Å²) in [6, 6.07) is 9.76. The molecule has 0 atom stereocenters. The number of aliphatic imine (C=N–C) groups is 1. The smallest absolute Gasteiger partial charge is 0.335 e. The van der Waals surface area contributed by atoms with Gasteiger partial charge in [-0.3, -0.25) is 14.8 Å². The minimum atomic E-state index is -0.840. The Morgan fingerprint density at radius 2 is 1.74 bits per heavy atom. The Kier molecular flexibility index (Phi) is 4.99. The van der Waals surface area contributed by atoms with Crippen molar-refractivity contribution >= 4 is 40.2 Å². The Hall–Kier alpha value is -4.05. The van der Waals surface area contributed by atoms with Crippen LogP contribution in [0.3, 0.4) is 0 Å². The van der Waals surface area contributed by atoms with E-state index in [9.17, 15) is 19.5 Å². The van der Waals surface area contributed by atoms with Crippen molar-refractivity contribution in [1.29, 1.82) is 0 Å². The third-order valence-electron chi connectivity index (χ3n) is 4.64. The van der Waals surface area contributed by atoms with Gasteiger partial charge in [-0.2, -0.15) is 0 Å². The van der Waals surface area contributed by atoms with Crippen LogP contribution < -0.4 is 21.8 Å². The van der Waals surface area contributed by atoms with E-state index in [1.807, 2.05) is 0 Å². The molecule has 2 aromatic heterocycles. The molecule has 158 valence electrons. The number of rotatable bonds is 4. The largest absolute Gasteiger partial charge is 0.493 e. The molecular weight excluding hydrogens is 424 g/mol. The molecule has 0 saturated carbocycles. The number of hydrogen-bond acceptors (Lipinski definition) is 6. The number of halogens is 1. The van der Waals surface area contributed by atoms with Crippen molar-refractivity contribution in [2.45, 2.75) is 0 Å². The van der Waals surface area contributed by atoms with Gasteiger partial charge < -0.3 is 20.0 Å². The number of benzene rings is 2. The summed E-state index contributed by atoms with van der Waals surface area (Å²) in [5.74, 6) is -0.604. The lowest BCUT2D eigenvalue weighted by Gasteiger charge is -2.15. The zero-order valence-corrected chi connectivity index (χ0v) is 17.2. The molecule has 0 radical (unpaired) electrons. The molecule has 4 N–H and O–H groups in total. The molecule has 0 amide bonds. The van der Waals surface area contributed by atoms with E-state index in [0.29, 0.717) is 22.4 Å². The van der Waals surface area contributed by atoms with E-state index in [1.54, 1.807) is 49.3 Å². The van der Waals surface area contributed by atoms with Crippen LogP contribution in [0.25, 0.3) is 16.7 Å². The van der Waals surface area contributed by atoms with Gasteiger partial charge in [-0.25, -0.2) is 14.2 Å². The molecule has 0 unspecified atom stereocenters. The average molecular weight is 441 g/mol. The molecule has 2 aromatic carbocycles. The van der Waals surface area contributed by atoms with Gasteiger partial charge in [0, 0.05) is 20.3 Å². The first kappa shape index (κ1) is 20.2. The number of anilines is 1. The first-order chi connectivity index (χ1) is 14.8. The van der Waals surface area contributed by atoms with E-state index in [1.165, 1.54) is 6.07 Å². The lowest BCUT2D eigenvalue weighted by Crippen LogP contribution is -2.31. The number of hydrogen-bond donors (Lipinski definition) is 4. The predicted octanol–water partition coefficient (Wildman–Crippen LogP) is 1.87. The Labute approximate surface area is 179 Å². The molecule has 0 aliphatic carbocycles. The van der Waals surface area contributed by atoms with Crippen LogP contribution in [0.15, 0.2) is 55.8 Å². The fourth-order valence-corrected chi connectivity index (χ4v) is 3.39. The highest BCUT2D eigenvalue weighted by atomic mass is 35.5. The van der Waals surface area contributed by atoms with Gasteiger partial charge in [0.15, 0.2) is 0 Å². The third kappa shape index (κ3) is 3.64. The first-order valence-electron chi connectivity index (χ1n) is 9.07. The third-order valence-corrected chi connectivity index (χ3v) is 4.96. The zero-order chi connectivity index (χ0) is 22.3. The summed E-state index contributed by atoms with van der Waals surface area (Å²) >= 11 is 6.15. The Balaban J connectivity index is 1.89. The van der Waals surface area contributed by atoms with E-state index in [-0.39, 0.29) is 22.0 Å². The fraction of sp³-hybridized carbons (Fsp3) is 0.100. The predicted molar refractivity (Wildman–Crippen MR) is 120 cm³/mol. The number of aromatic nitrogens is 4. The minimum Gasteiger partial charge on any atom is -0.493 e. The van der Waals surface area contributed by atoms with E-state index >= 15 is 0 Å². The molecule has 0 fully saturated rings. The van der Waals surface area contributed by atoms with Gasteiger partial charge in [-0.15, -0.1) is 0 Å². The highest BCUT2D eigenvalue weighted by Gasteiger charge is 2.16. The molecule has 0 saturated heterocycles. The summed E-state index contributed by atoms with van der Waals surface area (Å²) in [5.41, 5.74) is 0.190. The molecule has 0 spiro atoms. The second kappa shape index (κ2) is 7.65. The normalized spacial score (nSPS) is 11.5. The SMILES string of the molecule is CN(C)c1cc2[nH]c(=O)[nH]c2cc1N=Cc1c(O)n(-c2ccccc2Cl)c(=O)[nH]c1=O. The van der Waals surface area contributed by atoms with Crippen molar-refractivity contribution in [3.05, 3.63) is 78.3 Å². The lowest BCUT2D eigenvalue weighted by molar-refractivity contribution is 0.430. The van der Waals surface area contributed by atoms with Crippen molar-refractivity contribution in [3.63, 3.8) is 0 Å². The molecular formula is C20H17ClN6O4. The fourth-order valence-electron chi connectivity index (χ4n) is 3.17. The molecule has 10 nitrogen and oxygen atoms in total. The zero-order valence-electron chi connectivity index (χ0n) is 16.4. The van der Waals surface area contributed by atoms with Crippen molar-refractivity contribution in [1.82, 2.24) is 19.5 Å².